The van der Waals surface area contributed by atoms with Gasteiger partial charge in [-0.2, -0.15) is 0 Å². The van der Waals surface area contributed by atoms with E-state index in [4.69, 9.17) is 4.74 Å². The van der Waals surface area contributed by atoms with Gasteiger partial charge in [-0.1, -0.05) is 31.2 Å². The first-order chi connectivity index (χ1) is 13.5. The van der Waals surface area contributed by atoms with Crippen LogP contribution in [0.15, 0.2) is 47.8 Å². The van der Waals surface area contributed by atoms with E-state index in [9.17, 15) is 14.0 Å². The molecule has 8 heteroatoms. The largest absolute Gasteiger partial charge is 0.494 e. The highest BCUT2D eigenvalue weighted by molar-refractivity contribution is 7.13. The van der Waals surface area contributed by atoms with Gasteiger partial charge in [-0.3, -0.25) is 20.4 Å². The van der Waals surface area contributed by atoms with Crippen molar-refractivity contribution in [2.24, 2.45) is 0 Å². The maximum Gasteiger partial charge on any atom is 0.289 e. The van der Waals surface area contributed by atoms with E-state index in [0.29, 0.717) is 5.01 Å². The molecule has 144 valence electrons. The number of ether oxygens (including phenoxy) is 1. The van der Waals surface area contributed by atoms with E-state index in [-0.39, 0.29) is 17.0 Å². The Labute approximate surface area is 165 Å². The van der Waals surface area contributed by atoms with E-state index in [2.05, 4.69) is 22.8 Å². The number of benzene rings is 2. The van der Waals surface area contributed by atoms with Crippen molar-refractivity contribution in [1.82, 2.24) is 15.8 Å². The van der Waals surface area contributed by atoms with Crippen LogP contribution in [-0.2, 0) is 6.42 Å². The SMILES string of the molecule is CCc1ccc(-c2nc(C(=O)NNC(=O)c3ccc(OC)c(F)c3)cs2)cc1. The molecule has 1 heterocycles. The molecular formula is C20H18FN3O3S. The summed E-state index contributed by atoms with van der Waals surface area (Å²) in [5, 5.41) is 2.31. The number of nitrogens with zero attached hydrogens (tertiary/aromatic N) is 1. The lowest BCUT2D eigenvalue weighted by molar-refractivity contribution is 0.0844. The number of halogens is 1. The maximum atomic E-state index is 13.7. The van der Waals surface area contributed by atoms with Crippen molar-refractivity contribution in [3.05, 3.63) is 70.5 Å². The van der Waals surface area contributed by atoms with Crippen LogP contribution in [0.5, 0.6) is 5.75 Å². The van der Waals surface area contributed by atoms with Crippen LogP contribution >= 0.6 is 11.3 Å². The maximum absolute atomic E-state index is 13.7. The fourth-order valence-corrected chi connectivity index (χ4v) is 3.26. The Morgan fingerprint density at radius 3 is 2.46 bits per heavy atom. The molecule has 0 spiro atoms. The number of nitrogens with one attached hydrogen (secondary N) is 2. The van der Waals surface area contributed by atoms with Crippen molar-refractivity contribution in [2.75, 3.05) is 7.11 Å². The van der Waals surface area contributed by atoms with Gasteiger partial charge < -0.3 is 4.74 Å². The standard InChI is InChI=1S/C20H18FN3O3S/c1-3-12-4-6-13(7-5-12)20-22-16(11-28-20)19(26)24-23-18(25)14-8-9-17(27-2)15(21)10-14/h4-11H,3H2,1-2H3,(H,23,25)(H,24,26). The minimum Gasteiger partial charge on any atom is -0.494 e. The van der Waals surface area contributed by atoms with Gasteiger partial charge in [0.2, 0.25) is 0 Å². The minimum absolute atomic E-state index is 0.0301. The number of aromatic nitrogens is 1. The topological polar surface area (TPSA) is 80.3 Å². The normalized spacial score (nSPS) is 10.4. The zero-order valence-electron chi connectivity index (χ0n) is 15.3. The van der Waals surface area contributed by atoms with Gasteiger partial charge in [-0.05, 0) is 30.2 Å². The Morgan fingerprint density at radius 2 is 1.82 bits per heavy atom. The second-order valence-corrected chi connectivity index (χ2v) is 6.70. The van der Waals surface area contributed by atoms with Gasteiger partial charge in [0.15, 0.2) is 11.6 Å². The van der Waals surface area contributed by atoms with Gasteiger partial charge in [0.05, 0.1) is 7.11 Å². The number of carbonyl (C=O) groups excluding carboxylic acids is 2. The Hall–Kier alpha value is -3.26. The monoisotopic (exact) mass is 399 g/mol. The van der Waals surface area contributed by atoms with Crippen molar-refractivity contribution in [3.8, 4) is 16.3 Å². The molecule has 6 nitrogen and oxygen atoms in total. The van der Waals surface area contributed by atoms with E-state index < -0.39 is 17.6 Å². The van der Waals surface area contributed by atoms with Crippen LogP contribution in [0.25, 0.3) is 10.6 Å². The summed E-state index contributed by atoms with van der Waals surface area (Å²) >= 11 is 1.33. The van der Waals surface area contributed by atoms with Gasteiger partial charge in [-0.25, -0.2) is 9.37 Å². The van der Waals surface area contributed by atoms with Crippen LogP contribution in [0.1, 0.15) is 33.3 Å². The predicted octanol–water partition coefficient (Wildman–Crippen LogP) is 3.60. The van der Waals surface area contributed by atoms with Crippen LogP contribution in [0, 0.1) is 5.82 Å². The second-order valence-electron chi connectivity index (χ2n) is 5.85. The molecule has 0 saturated heterocycles. The lowest BCUT2D eigenvalue weighted by Gasteiger charge is -2.07. The van der Waals surface area contributed by atoms with Crippen LogP contribution < -0.4 is 15.6 Å². The fourth-order valence-electron chi connectivity index (χ4n) is 2.45. The molecule has 3 rings (SSSR count). The number of aryl methyl sites for hydroxylation is 1. The minimum atomic E-state index is -0.667. The number of methoxy groups -OCH3 is 1. The molecule has 0 aliphatic heterocycles. The van der Waals surface area contributed by atoms with Crippen molar-refractivity contribution >= 4 is 23.2 Å². The Kier molecular flexibility index (Phi) is 6.00. The average molecular weight is 399 g/mol. The molecule has 3 aromatic rings. The number of hydrogen-bond acceptors (Lipinski definition) is 5. The first-order valence-electron chi connectivity index (χ1n) is 8.51. The van der Waals surface area contributed by atoms with Crippen LogP contribution in [-0.4, -0.2) is 23.9 Å². The number of hydrazine groups is 1. The summed E-state index contributed by atoms with van der Waals surface area (Å²) in [5.41, 5.74) is 6.89. The summed E-state index contributed by atoms with van der Waals surface area (Å²) in [4.78, 5) is 28.6. The molecule has 0 fully saturated rings. The zero-order chi connectivity index (χ0) is 20.1. The first kappa shape index (κ1) is 19.5. The van der Waals surface area contributed by atoms with Gasteiger partial charge in [0.1, 0.15) is 10.7 Å². The Balaban J connectivity index is 1.62. The quantitative estimate of drug-likeness (QED) is 0.643. The zero-order valence-corrected chi connectivity index (χ0v) is 16.1. The smallest absolute Gasteiger partial charge is 0.289 e. The third kappa shape index (κ3) is 4.34. The van der Waals surface area contributed by atoms with E-state index in [1.165, 1.54) is 36.1 Å². The highest BCUT2D eigenvalue weighted by Gasteiger charge is 2.14. The van der Waals surface area contributed by atoms with Crippen LogP contribution in [0.4, 0.5) is 4.39 Å². The number of hydrogen-bond donors (Lipinski definition) is 2. The van der Waals surface area contributed by atoms with Gasteiger partial charge in [-0.15, -0.1) is 11.3 Å². The molecule has 0 radical (unpaired) electrons. The van der Waals surface area contributed by atoms with E-state index >= 15 is 0 Å². The molecule has 28 heavy (non-hydrogen) atoms. The Bertz CT molecular complexity index is 1000. The van der Waals surface area contributed by atoms with E-state index in [1.54, 1.807) is 5.38 Å². The molecule has 0 bridgehead atoms. The fraction of sp³-hybridized carbons (Fsp3) is 0.150. The third-order valence-corrected chi connectivity index (χ3v) is 4.94. The first-order valence-corrected chi connectivity index (χ1v) is 9.39. The lowest BCUT2D eigenvalue weighted by atomic mass is 10.1. The number of amides is 2. The second kappa shape index (κ2) is 8.62. The molecule has 2 aromatic carbocycles. The summed E-state index contributed by atoms with van der Waals surface area (Å²) in [6, 6.07) is 11.7. The summed E-state index contributed by atoms with van der Waals surface area (Å²) in [7, 11) is 1.33. The summed E-state index contributed by atoms with van der Waals surface area (Å²) in [5.74, 6) is -1.85. The number of carbonyl (C=O) groups is 2. The molecule has 2 N–H and O–H groups in total. The molecule has 0 atom stereocenters. The molecule has 2 amide bonds. The molecule has 0 saturated carbocycles. The van der Waals surface area contributed by atoms with Gasteiger partial charge in [0.25, 0.3) is 11.8 Å². The molecule has 0 aliphatic rings. The molecule has 0 unspecified atom stereocenters. The Morgan fingerprint density at radius 1 is 1.11 bits per heavy atom. The highest BCUT2D eigenvalue weighted by Crippen LogP contribution is 2.24. The lowest BCUT2D eigenvalue weighted by Crippen LogP contribution is -2.41. The number of rotatable bonds is 5. The van der Waals surface area contributed by atoms with Gasteiger partial charge >= 0.3 is 0 Å². The summed E-state index contributed by atoms with van der Waals surface area (Å²) < 4.78 is 18.5. The van der Waals surface area contributed by atoms with E-state index in [1.807, 2.05) is 24.3 Å². The van der Waals surface area contributed by atoms with Crippen LogP contribution in [0.2, 0.25) is 0 Å². The average Bonchev–Trinajstić information content (AvgIpc) is 3.22. The van der Waals surface area contributed by atoms with Crippen molar-refractivity contribution in [2.45, 2.75) is 13.3 Å². The summed E-state index contributed by atoms with van der Waals surface area (Å²) in [6.45, 7) is 2.08. The number of thiazole rings is 1. The predicted molar refractivity (Wildman–Crippen MR) is 105 cm³/mol. The highest BCUT2D eigenvalue weighted by atomic mass is 32.1. The summed E-state index contributed by atoms with van der Waals surface area (Å²) in [6.07, 6.45) is 0.948. The molecular weight excluding hydrogens is 381 g/mol. The van der Waals surface area contributed by atoms with Gasteiger partial charge in [0, 0.05) is 16.5 Å². The van der Waals surface area contributed by atoms with Crippen molar-refractivity contribution in [3.63, 3.8) is 0 Å². The van der Waals surface area contributed by atoms with Crippen molar-refractivity contribution in [1.29, 1.82) is 0 Å². The van der Waals surface area contributed by atoms with Crippen LogP contribution in [0.3, 0.4) is 0 Å². The molecule has 1 aromatic heterocycles. The molecule has 0 aliphatic carbocycles. The van der Waals surface area contributed by atoms with E-state index in [0.717, 1.165) is 18.1 Å². The van der Waals surface area contributed by atoms with Crippen molar-refractivity contribution < 1.29 is 18.7 Å². The third-order valence-electron chi connectivity index (χ3n) is 4.05.